The third-order valence-corrected chi connectivity index (χ3v) is 2.14. The van der Waals surface area contributed by atoms with Crippen molar-refractivity contribution in [1.29, 1.82) is 0 Å². The molecule has 0 fully saturated rings. The highest BCUT2D eigenvalue weighted by molar-refractivity contribution is 5.92. The Bertz CT molecular complexity index is 561. The molecule has 0 spiro atoms. The molecule has 0 bridgehead atoms. The summed E-state index contributed by atoms with van der Waals surface area (Å²) < 4.78 is 26.1. The normalized spacial score (nSPS) is 9.89. The molecule has 0 saturated heterocycles. The van der Waals surface area contributed by atoms with Gasteiger partial charge in [0.1, 0.15) is 17.3 Å². The fourth-order valence-electron chi connectivity index (χ4n) is 1.28. The predicted octanol–water partition coefficient (Wildman–Crippen LogP) is 2.12. The minimum absolute atomic E-state index is 0.153. The third-order valence-electron chi connectivity index (χ3n) is 2.14. The topological polar surface area (TPSA) is 54.0 Å². The van der Waals surface area contributed by atoms with Gasteiger partial charge in [-0.3, -0.25) is 20.6 Å². The van der Waals surface area contributed by atoms with E-state index in [1.807, 2.05) is 0 Å². The summed E-state index contributed by atoms with van der Waals surface area (Å²) >= 11 is 0. The van der Waals surface area contributed by atoms with Crippen LogP contribution in [0.2, 0.25) is 0 Å². The maximum Gasteiger partial charge on any atom is 0.288 e. The summed E-state index contributed by atoms with van der Waals surface area (Å²) in [6.07, 6.45) is 1.46. The monoisotopic (exact) mass is 249 g/mol. The van der Waals surface area contributed by atoms with Gasteiger partial charge in [-0.2, -0.15) is 0 Å². The maximum atomic E-state index is 13.2. The van der Waals surface area contributed by atoms with Crippen molar-refractivity contribution in [2.75, 3.05) is 5.43 Å². The number of hydrogen-bond donors (Lipinski definition) is 2. The molecule has 1 aromatic carbocycles. The number of nitrogens with one attached hydrogen (secondary N) is 2. The Morgan fingerprint density at radius 3 is 2.72 bits per heavy atom. The van der Waals surface area contributed by atoms with Gasteiger partial charge in [0, 0.05) is 12.3 Å². The minimum atomic E-state index is -0.669. The summed E-state index contributed by atoms with van der Waals surface area (Å²) in [7, 11) is 0. The molecule has 0 radical (unpaired) electrons. The number of hydrazine groups is 1. The van der Waals surface area contributed by atoms with E-state index in [1.54, 1.807) is 12.1 Å². The van der Waals surface area contributed by atoms with Gasteiger partial charge in [0.15, 0.2) is 0 Å². The standard InChI is InChI=1S/C12H9F2N3O/c13-8-4-5-9(14)11(7-8)16-17-12(18)10-3-1-2-6-15-10/h1-7,16H,(H,17,18). The zero-order valence-electron chi connectivity index (χ0n) is 9.15. The van der Waals surface area contributed by atoms with Crippen LogP contribution < -0.4 is 10.9 Å². The molecule has 1 amide bonds. The van der Waals surface area contributed by atoms with Crippen molar-refractivity contribution in [1.82, 2.24) is 10.4 Å². The number of aromatic nitrogens is 1. The van der Waals surface area contributed by atoms with Crippen LogP contribution in [-0.4, -0.2) is 10.9 Å². The quantitative estimate of drug-likeness (QED) is 0.819. The van der Waals surface area contributed by atoms with Crippen molar-refractivity contribution in [3.63, 3.8) is 0 Å². The molecular formula is C12H9F2N3O. The molecule has 6 heteroatoms. The second kappa shape index (κ2) is 5.22. The third kappa shape index (κ3) is 2.79. The molecule has 92 valence electrons. The molecule has 0 atom stereocenters. The van der Waals surface area contributed by atoms with Crippen molar-refractivity contribution in [2.24, 2.45) is 0 Å². The van der Waals surface area contributed by atoms with Crippen LogP contribution in [0.1, 0.15) is 10.5 Å². The molecule has 2 aromatic rings. The minimum Gasteiger partial charge on any atom is -0.295 e. The van der Waals surface area contributed by atoms with Gasteiger partial charge in [0.2, 0.25) is 0 Å². The van der Waals surface area contributed by atoms with Gasteiger partial charge < -0.3 is 0 Å². The highest BCUT2D eigenvalue weighted by Gasteiger charge is 2.07. The van der Waals surface area contributed by atoms with Gasteiger partial charge in [-0.05, 0) is 24.3 Å². The molecule has 2 N–H and O–H groups in total. The smallest absolute Gasteiger partial charge is 0.288 e. The summed E-state index contributed by atoms with van der Waals surface area (Å²) in [5, 5.41) is 0. The highest BCUT2D eigenvalue weighted by Crippen LogP contribution is 2.13. The number of nitrogens with zero attached hydrogens (tertiary/aromatic N) is 1. The van der Waals surface area contributed by atoms with E-state index in [9.17, 15) is 13.6 Å². The van der Waals surface area contributed by atoms with E-state index in [0.717, 1.165) is 18.2 Å². The maximum absolute atomic E-state index is 13.2. The van der Waals surface area contributed by atoms with E-state index >= 15 is 0 Å². The lowest BCUT2D eigenvalue weighted by molar-refractivity contribution is 0.0957. The number of carbonyl (C=O) groups excluding carboxylic acids is 1. The van der Waals surface area contributed by atoms with E-state index in [-0.39, 0.29) is 11.4 Å². The number of amides is 1. The second-order valence-corrected chi connectivity index (χ2v) is 3.42. The summed E-state index contributed by atoms with van der Waals surface area (Å²) in [4.78, 5) is 15.4. The number of rotatable bonds is 3. The van der Waals surface area contributed by atoms with Crippen molar-refractivity contribution in [3.05, 3.63) is 59.9 Å². The average molecular weight is 249 g/mol. The van der Waals surface area contributed by atoms with Crippen LogP contribution in [0.5, 0.6) is 0 Å². The lowest BCUT2D eigenvalue weighted by Gasteiger charge is -2.08. The van der Waals surface area contributed by atoms with Gasteiger partial charge in [-0.25, -0.2) is 8.78 Å². The first kappa shape index (κ1) is 12.0. The largest absolute Gasteiger partial charge is 0.295 e. The molecule has 0 saturated carbocycles. The van der Waals surface area contributed by atoms with Gasteiger partial charge in [-0.15, -0.1) is 0 Å². The Kier molecular flexibility index (Phi) is 3.47. The Labute approximate surface area is 102 Å². The summed E-state index contributed by atoms with van der Waals surface area (Å²) in [5.41, 5.74) is 4.54. The van der Waals surface area contributed by atoms with Gasteiger partial charge in [0.25, 0.3) is 5.91 Å². The molecule has 1 heterocycles. The van der Waals surface area contributed by atoms with Gasteiger partial charge in [0.05, 0.1) is 5.69 Å². The van der Waals surface area contributed by atoms with E-state index in [2.05, 4.69) is 15.8 Å². The van der Waals surface area contributed by atoms with Gasteiger partial charge in [-0.1, -0.05) is 6.07 Å². The Balaban J connectivity index is 2.04. The molecule has 0 aliphatic rings. The van der Waals surface area contributed by atoms with Crippen molar-refractivity contribution in [3.8, 4) is 0 Å². The van der Waals surface area contributed by atoms with E-state index < -0.39 is 17.5 Å². The number of carbonyl (C=O) groups is 1. The molecule has 0 aliphatic carbocycles. The van der Waals surface area contributed by atoms with E-state index in [1.165, 1.54) is 12.3 Å². The van der Waals surface area contributed by atoms with Crippen LogP contribution in [-0.2, 0) is 0 Å². The van der Waals surface area contributed by atoms with Crippen molar-refractivity contribution >= 4 is 11.6 Å². The Morgan fingerprint density at radius 1 is 1.17 bits per heavy atom. The summed E-state index contributed by atoms with van der Waals surface area (Å²) in [6.45, 7) is 0. The van der Waals surface area contributed by atoms with Crippen LogP contribution in [0, 0.1) is 11.6 Å². The first-order valence-electron chi connectivity index (χ1n) is 5.09. The van der Waals surface area contributed by atoms with Crippen LogP contribution >= 0.6 is 0 Å². The summed E-state index contributed by atoms with van der Waals surface area (Å²) in [6, 6.07) is 7.69. The molecule has 2 rings (SSSR count). The molecule has 4 nitrogen and oxygen atoms in total. The number of halogens is 2. The lowest BCUT2D eigenvalue weighted by Crippen LogP contribution is -2.30. The number of anilines is 1. The number of pyridine rings is 1. The summed E-state index contributed by atoms with van der Waals surface area (Å²) in [5.74, 6) is -1.82. The van der Waals surface area contributed by atoms with Crippen LogP contribution in [0.25, 0.3) is 0 Å². The fourth-order valence-corrected chi connectivity index (χ4v) is 1.28. The molecule has 1 aromatic heterocycles. The fraction of sp³-hybridized carbons (Fsp3) is 0. The predicted molar refractivity (Wildman–Crippen MR) is 61.7 cm³/mol. The van der Waals surface area contributed by atoms with Gasteiger partial charge >= 0.3 is 0 Å². The number of hydrogen-bond acceptors (Lipinski definition) is 3. The Hall–Kier alpha value is -2.50. The SMILES string of the molecule is O=C(NNc1cc(F)ccc1F)c1ccccn1. The second-order valence-electron chi connectivity index (χ2n) is 3.42. The van der Waals surface area contributed by atoms with Crippen LogP contribution in [0.4, 0.5) is 14.5 Å². The van der Waals surface area contributed by atoms with Crippen molar-refractivity contribution < 1.29 is 13.6 Å². The van der Waals surface area contributed by atoms with Crippen LogP contribution in [0.3, 0.4) is 0 Å². The first-order valence-corrected chi connectivity index (χ1v) is 5.09. The van der Waals surface area contributed by atoms with Crippen molar-refractivity contribution in [2.45, 2.75) is 0 Å². The highest BCUT2D eigenvalue weighted by atomic mass is 19.1. The zero-order chi connectivity index (χ0) is 13.0. The molecule has 0 unspecified atom stereocenters. The molecule has 18 heavy (non-hydrogen) atoms. The molecule has 0 aliphatic heterocycles. The zero-order valence-corrected chi connectivity index (χ0v) is 9.15. The first-order chi connectivity index (χ1) is 8.66. The van der Waals surface area contributed by atoms with E-state index in [4.69, 9.17) is 0 Å². The molecular weight excluding hydrogens is 240 g/mol. The Morgan fingerprint density at radius 2 is 2.00 bits per heavy atom. The lowest BCUT2D eigenvalue weighted by atomic mass is 10.3. The number of benzene rings is 1. The van der Waals surface area contributed by atoms with Crippen LogP contribution in [0.15, 0.2) is 42.6 Å². The average Bonchev–Trinajstić information content (AvgIpc) is 2.40. The van der Waals surface area contributed by atoms with E-state index in [0.29, 0.717) is 0 Å².